The average Bonchev–Trinajstić information content (AvgIpc) is 2.30. The highest BCUT2D eigenvalue weighted by Crippen LogP contribution is 2.13. The van der Waals surface area contributed by atoms with Crippen molar-refractivity contribution in [2.75, 3.05) is 6.61 Å². The van der Waals surface area contributed by atoms with Crippen LogP contribution in [0.25, 0.3) is 0 Å². The molecule has 0 radical (unpaired) electrons. The third-order valence-electron chi connectivity index (χ3n) is 1.83. The first-order chi connectivity index (χ1) is 7.77. The van der Waals surface area contributed by atoms with Crippen LogP contribution >= 0.6 is 0 Å². The maximum Gasteiger partial charge on any atom is 0.409 e. The summed E-state index contributed by atoms with van der Waals surface area (Å²) in [6.07, 6.45) is 0.0510. The van der Waals surface area contributed by atoms with Crippen molar-refractivity contribution in [2.45, 2.75) is 13.1 Å². The summed E-state index contributed by atoms with van der Waals surface area (Å²) < 4.78 is 4.70. The van der Waals surface area contributed by atoms with Gasteiger partial charge in [-0.2, -0.15) is 4.99 Å². The lowest BCUT2D eigenvalue weighted by molar-refractivity contribution is 0.148. The second kappa shape index (κ2) is 6.37. The Balaban J connectivity index is 2.76. The van der Waals surface area contributed by atoms with Gasteiger partial charge in [0.15, 0.2) is 6.17 Å². The molecule has 0 aromatic heterocycles. The molecule has 0 aliphatic heterocycles. The summed E-state index contributed by atoms with van der Waals surface area (Å²) in [5.41, 5.74) is 0.693. The summed E-state index contributed by atoms with van der Waals surface area (Å²) >= 11 is 0. The monoisotopic (exact) mass is 220 g/mol. The zero-order valence-electron chi connectivity index (χ0n) is 8.84. The van der Waals surface area contributed by atoms with Crippen LogP contribution in [0, 0.1) is 0 Å². The maximum atomic E-state index is 11.2. The molecule has 0 fully saturated rings. The number of hydrogen-bond donors (Lipinski definition) is 1. The van der Waals surface area contributed by atoms with Crippen LogP contribution < -0.4 is 5.32 Å². The van der Waals surface area contributed by atoms with Crippen LogP contribution in [0.2, 0.25) is 0 Å². The zero-order valence-corrected chi connectivity index (χ0v) is 8.84. The summed E-state index contributed by atoms with van der Waals surface area (Å²) in [5.74, 6) is 0. The second-order valence-electron chi connectivity index (χ2n) is 2.90. The Morgan fingerprint density at radius 3 is 2.75 bits per heavy atom. The first-order valence-corrected chi connectivity index (χ1v) is 4.83. The van der Waals surface area contributed by atoms with Gasteiger partial charge in [0.05, 0.1) is 6.61 Å². The van der Waals surface area contributed by atoms with Gasteiger partial charge < -0.3 is 4.74 Å². The lowest BCUT2D eigenvalue weighted by atomic mass is 10.2. The second-order valence-corrected chi connectivity index (χ2v) is 2.90. The van der Waals surface area contributed by atoms with E-state index < -0.39 is 12.3 Å². The summed E-state index contributed by atoms with van der Waals surface area (Å²) in [6, 6.07) is 8.90. The highest BCUT2D eigenvalue weighted by atomic mass is 16.5. The number of ether oxygens (including phenoxy) is 1. The number of benzene rings is 1. The SMILES string of the molecule is CCOC(=O)NC(N=C=O)c1ccccc1. The topological polar surface area (TPSA) is 67.8 Å². The molecule has 5 heteroatoms. The van der Waals surface area contributed by atoms with Crippen LogP contribution in [0.1, 0.15) is 18.7 Å². The van der Waals surface area contributed by atoms with Gasteiger partial charge in [0.1, 0.15) is 0 Å². The highest BCUT2D eigenvalue weighted by molar-refractivity contribution is 5.68. The predicted molar refractivity (Wildman–Crippen MR) is 57.5 cm³/mol. The molecule has 1 aromatic rings. The van der Waals surface area contributed by atoms with Gasteiger partial charge in [0, 0.05) is 0 Å². The molecule has 0 saturated carbocycles. The Hall–Kier alpha value is -2.13. The molecule has 0 bridgehead atoms. The van der Waals surface area contributed by atoms with Crippen molar-refractivity contribution in [3.05, 3.63) is 35.9 Å². The molecule has 1 amide bonds. The van der Waals surface area contributed by atoms with Crippen molar-refractivity contribution >= 4 is 12.2 Å². The van der Waals surface area contributed by atoms with Gasteiger partial charge in [0.25, 0.3) is 0 Å². The van der Waals surface area contributed by atoms with Gasteiger partial charge >= 0.3 is 6.09 Å². The molecular weight excluding hydrogens is 208 g/mol. The summed E-state index contributed by atoms with van der Waals surface area (Å²) in [7, 11) is 0. The molecule has 0 aliphatic carbocycles. The first-order valence-electron chi connectivity index (χ1n) is 4.83. The van der Waals surface area contributed by atoms with E-state index in [0.29, 0.717) is 5.56 Å². The maximum absolute atomic E-state index is 11.2. The molecule has 16 heavy (non-hydrogen) atoms. The molecule has 0 spiro atoms. The number of nitrogens with one attached hydrogen (secondary N) is 1. The Bertz CT molecular complexity index is 385. The van der Waals surface area contributed by atoms with Crippen molar-refractivity contribution in [1.82, 2.24) is 5.32 Å². The molecule has 84 valence electrons. The normalized spacial score (nSPS) is 11.1. The van der Waals surface area contributed by atoms with Crippen molar-refractivity contribution in [3.8, 4) is 0 Å². The van der Waals surface area contributed by atoms with Gasteiger partial charge in [-0.05, 0) is 12.5 Å². The number of carbonyl (C=O) groups excluding carboxylic acids is 2. The van der Waals surface area contributed by atoms with E-state index >= 15 is 0 Å². The van der Waals surface area contributed by atoms with Gasteiger partial charge in [-0.1, -0.05) is 30.3 Å². The smallest absolute Gasteiger partial charge is 0.409 e. The van der Waals surface area contributed by atoms with Crippen LogP contribution in [-0.2, 0) is 9.53 Å². The van der Waals surface area contributed by atoms with Gasteiger partial charge in [-0.3, -0.25) is 5.32 Å². The quantitative estimate of drug-likeness (QED) is 0.621. The van der Waals surface area contributed by atoms with E-state index in [2.05, 4.69) is 10.3 Å². The standard InChI is InChI=1S/C11H12N2O3/c1-2-16-11(15)13-10(12-8-14)9-6-4-3-5-7-9/h3-7,10H,2H2,1H3,(H,13,15). The van der Waals surface area contributed by atoms with Gasteiger partial charge in [-0.15, -0.1) is 0 Å². The Morgan fingerprint density at radius 1 is 1.50 bits per heavy atom. The fourth-order valence-electron chi connectivity index (χ4n) is 1.16. The number of amides is 1. The summed E-state index contributed by atoms with van der Waals surface area (Å²) in [4.78, 5) is 24.9. The minimum Gasteiger partial charge on any atom is -0.450 e. The molecule has 0 heterocycles. The van der Waals surface area contributed by atoms with E-state index in [-0.39, 0.29) is 6.61 Å². The minimum absolute atomic E-state index is 0.262. The average molecular weight is 220 g/mol. The number of carbonyl (C=O) groups is 1. The number of alkyl carbamates (subject to hydrolysis) is 1. The molecule has 1 N–H and O–H groups in total. The van der Waals surface area contributed by atoms with Gasteiger partial charge in [-0.25, -0.2) is 9.59 Å². The van der Waals surface area contributed by atoms with E-state index in [4.69, 9.17) is 4.74 Å². The number of hydrogen-bond acceptors (Lipinski definition) is 4. The molecule has 5 nitrogen and oxygen atoms in total. The van der Waals surface area contributed by atoms with E-state index in [9.17, 15) is 9.59 Å². The van der Waals surface area contributed by atoms with E-state index in [1.165, 1.54) is 6.08 Å². The molecule has 0 aliphatic rings. The third-order valence-corrected chi connectivity index (χ3v) is 1.83. The highest BCUT2D eigenvalue weighted by Gasteiger charge is 2.13. The predicted octanol–water partition coefficient (Wildman–Crippen LogP) is 1.77. The Morgan fingerprint density at radius 2 is 2.19 bits per heavy atom. The first kappa shape index (κ1) is 11.9. The Labute approximate surface area is 93.1 Å². The number of rotatable bonds is 4. The van der Waals surface area contributed by atoms with Crippen LogP contribution in [0.5, 0.6) is 0 Å². The van der Waals surface area contributed by atoms with E-state index in [1.54, 1.807) is 31.2 Å². The van der Waals surface area contributed by atoms with Crippen LogP contribution in [0.15, 0.2) is 35.3 Å². The van der Waals surface area contributed by atoms with Crippen molar-refractivity contribution in [3.63, 3.8) is 0 Å². The third kappa shape index (κ3) is 3.55. The van der Waals surface area contributed by atoms with Crippen LogP contribution in [0.3, 0.4) is 0 Å². The fourth-order valence-corrected chi connectivity index (χ4v) is 1.16. The van der Waals surface area contributed by atoms with Gasteiger partial charge in [0.2, 0.25) is 6.08 Å². The number of aliphatic imine (C=N–C) groups is 1. The lowest BCUT2D eigenvalue weighted by Crippen LogP contribution is -2.28. The van der Waals surface area contributed by atoms with Crippen molar-refractivity contribution in [1.29, 1.82) is 0 Å². The lowest BCUT2D eigenvalue weighted by Gasteiger charge is -2.12. The van der Waals surface area contributed by atoms with Crippen molar-refractivity contribution < 1.29 is 14.3 Å². The van der Waals surface area contributed by atoms with Crippen LogP contribution in [-0.4, -0.2) is 18.8 Å². The zero-order chi connectivity index (χ0) is 11.8. The number of isocyanates is 1. The molecule has 0 saturated heterocycles. The fraction of sp³-hybridized carbons (Fsp3) is 0.273. The molecule has 1 unspecified atom stereocenters. The molecule has 1 atom stereocenters. The molecular formula is C11H12N2O3. The molecule has 1 aromatic carbocycles. The molecule has 1 rings (SSSR count). The summed E-state index contributed by atoms with van der Waals surface area (Å²) in [6.45, 7) is 1.96. The largest absolute Gasteiger partial charge is 0.450 e. The van der Waals surface area contributed by atoms with Crippen molar-refractivity contribution in [2.24, 2.45) is 4.99 Å². The minimum atomic E-state index is -0.752. The van der Waals surface area contributed by atoms with Crippen LogP contribution in [0.4, 0.5) is 4.79 Å². The van der Waals surface area contributed by atoms with E-state index in [0.717, 1.165) is 0 Å². The van der Waals surface area contributed by atoms with E-state index in [1.807, 2.05) is 6.07 Å². The summed E-state index contributed by atoms with van der Waals surface area (Å²) in [5, 5.41) is 2.44. The number of nitrogens with zero attached hydrogens (tertiary/aromatic N) is 1. The Kier molecular flexibility index (Phi) is 4.76.